The summed E-state index contributed by atoms with van der Waals surface area (Å²) in [7, 11) is 1.50. The Labute approximate surface area is 98.6 Å². The molecule has 1 atom stereocenters. The van der Waals surface area contributed by atoms with Crippen molar-refractivity contribution in [3.05, 3.63) is 18.0 Å². The third-order valence-electron chi connectivity index (χ3n) is 2.35. The first-order valence-electron chi connectivity index (χ1n) is 4.89. The van der Waals surface area contributed by atoms with E-state index in [-0.39, 0.29) is 5.69 Å². The maximum atomic E-state index is 12.3. The van der Waals surface area contributed by atoms with Crippen LogP contribution < -0.4 is 5.73 Å². The monoisotopic (exact) mass is 275 g/mol. The molecule has 104 valence electrons. The Kier molecular flexibility index (Phi) is 3.94. The van der Waals surface area contributed by atoms with Gasteiger partial charge in [-0.25, -0.2) is 0 Å². The van der Waals surface area contributed by atoms with E-state index in [0.717, 1.165) is 0 Å². The molecule has 0 bridgehead atoms. The molecule has 1 aromatic rings. The van der Waals surface area contributed by atoms with Gasteiger partial charge in [-0.1, -0.05) is 0 Å². The van der Waals surface area contributed by atoms with E-state index in [9.17, 15) is 26.3 Å². The minimum atomic E-state index is -5.42. The van der Waals surface area contributed by atoms with Gasteiger partial charge in [-0.2, -0.15) is 31.4 Å². The molecule has 0 aromatic carbocycles. The largest absolute Gasteiger partial charge is 0.402 e. The van der Waals surface area contributed by atoms with Gasteiger partial charge in [-0.15, -0.1) is 0 Å². The van der Waals surface area contributed by atoms with Gasteiger partial charge in [0.05, 0.1) is 5.69 Å². The average Bonchev–Trinajstić information content (AvgIpc) is 2.44. The van der Waals surface area contributed by atoms with Gasteiger partial charge < -0.3 is 5.73 Å². The van der Waals surface area contributed by atoms with Crippen LogP contribution in [0.1, 0.15) is 5.69 Å². The van der Waals surface area contributed by atoms with Gasteiger partial charge in [-0.05, 0) is 6.07 Å². The lowest BCUT2D eigenvalue weighted by atomic mass is 9.95. The molecule has 0 fully saturated rings. The highest BCUT2D eigenvalue weighted by atomic mass is 19.4. The molecule has 0 aliphatic heterocycles. The van der Waals surface area contributed by atoms with Crippen LogP contribution in [0.3, 0.4) is 0 Å². The van der Waals surface area contributed by atoms with Crippen LogP contribution in [0.2, 0.25) is 0 Å². The Morgan fingerprint density at radius 2 is 1.72 bits per heavy atom. The Balaban J connectivity index is 2.87. The fourth-order valence-electron chi connectivity index (χ4n) is 1.60. The highest BCUT2D eigenvalue weighted by Gasteiger charge is 2.59. The molecular formula is C9H11F6N3. The number of hydrogen-bond acceptors (Lipinski definition) is 2. The summed E-state index contributed by atoms with van der Waals surface area (Å²) in [6.45, 7) is 0. The smallest absolute Gasteiger partial charge is 0.326 e. The average molecular weight is 275 g/mol. The molecule has 0 aliphatic carbocycles. The highest BCUT2D eigenvalue weighted by molar-refractivity contribution is 5.03. The molecule has 2 N–H and O–H groups in total. The fraction of sp³-hybridized carbons (Fsp3) is 0.667. The topological polar surface area (TPSA) is 43.8 Å². The SMILES string of the molecule is Cn1ccc(CC(N)C(C(F)(F)F)C(F)(F)F)n1. The van der Waals surface area contributed by atoms with Gasteiger partial charge in [0.1, 0.15) is 0 Å². The van der Waals surface area contributed by atoms with Crippen molar-refractivity contribution in [2.24, 2.45) is 18.7 Å². The number of alkyl halides is 6. The van der Waals surface area contributed by atoms with E-state index in [4.69, 9.17) is 5.73 Å². The standard InChI is InChI=1S/C9H11F6N3/c1-18-3-2-5(17-18)4-6(16)7(8(10,11)12)9(13,14)15/h2-3,6-7H,4,16H2,1H3. The minimum absolute atomic E-state index is 0.0866. The summed E-state index contributed by atoms with van der Waals surface area (Å²) in [6.07, 6.45) is -10.0. The zero-order valence-electron chi connectivity index (χ0n) is 9.26. The normalized spacial score (nSPS) is 15.2. The van der Waals surface area contributed by atoms with Crippen molar-refractivity contribution < 1.29 is 26.3 Å². The number of rotatable bonds is 3. The van der Waals surface area contributed by atoms with Crippen molar-refractivity contribution in [3.8, 4) is 0 Å². The number of aryl methyl sites for hydroxylation is 1. The van der Waals surface area contributed by atoms with Crippen LogP contribution in [0.5, 0.6) is 0 Å². The number of halogens is 6. The molecule has 1 heterocycles. The zero-order chi connectivity index (χ0) is 14.1. The summed E-state index contributed by atoms with van der Waals surface area (Å²) in [4.78, 5) is 0. The summed E-state index contributed by atoms with van der Waals surface area (Å²) in [5, 5.41) is 3.70. The van der Waals surface area contributed by atoms with Gasteiger partial charge in [0, 0.05) is 25.7 Å². The van der Waals surface area contributed by atoms with Crippen molar-refractivity contribution in [1.82, 2.24) is 9.78 Å². The van der Waals surface area contributed by atoms with Crippen LogP contribution in [0, 0.1) is 5.92 Å². The lowest BCUT2D eigenvalue weighted by molar-refractivity contribution is -0.289. The van der Waals surface area contributed by atoms with Crippen LogP contribution in [-0.2, 0) is 13.5 Å². The van der Waals surface area contributed by atoms with Crippen LogP contribution in [0.4, 0.5) is 26.3 Å². The number of nitrogens with zero attached hydrogens (tertiary/aromatic N) is 2. The molecule has 0 amide bonds. The Morgan fingerprint density at radius 1 is 1.22 bits per heavy atom. The summed E-state index contributed by atoms with van der Waals surface area (Å²) in [5.41, 5.74) is 5.13. The van der Waals surface area contributed by atoms with Crippen molar-refractivity contribution >= 4 is 0 Å². The number of hydrogen-bond donors (Lipinski definition) is 1. The number of aromatic nitrogens is 2. The second-order valence-electron chi connectivity index (χ2n) is 3.91. The predicted molar refractivity (Wildman–Crippen MR) is 50.5 cm³/mol. The Bertz CT molecular complexity index is 380. The van der Waals surface area contributed by atoms with Crippen molar-refractivity contribution in [3.63, 3.8) is 0 Å². The molecule has 3 nitrogen and oxygen atoms in total. The highest BCUT2D eigenvalue weighted by Crippen LogP contribution is 2.41. The molecular weight excluding hydrogens is 264 g/mol. The molecule has 0 spiro atoms. The van der Waals surface area contributed by atoms with Crippen molar-refractivity contribution in [2.45, 2.75) is 24.8 Å². The molecule has 0 saturated carbocycles. The van der Waals surface area contributed by atoms with E-state index in [1.54, 1.807) is 0 Å². The van der Waals surface area contributed by atoms with E-state index in [1.165, 1.54) is 24.0 Å². The summed E-state index contributed by atoms with van der Waals surface area (Å²) in [5.74, 6) is -3.55. The van der Waals surface area contributed by atoms with Crippen LogP contribution >= 0.6 is 0 Å². The number of nitrogens with two attached hydrogens (primary N) is 1. The van der Waals surface area contributed by atoms with Gasteiger partial charge in [-0.3, -0.25) is 4.68 Å². The molecule has 18 heavy (non-hydrogen) atoms. The fourth-order valence-corrected chi connectivity index (χ4v) is 1.60. The molecule has 1 aromatic heterocycles. The molecule has 1 rings (SSSR count). The lowest BCUT2D eigenvalue weighted by Crippen LogP contribution is -2.49. The second kappa shape index (κ2) is 4.79. The van der Waals surface area contributed by atoms with Gasteiger partial charge in [0.25, 0.3) is 0 Å². The molecule has 0 saturated heterocycles. The third-order valence-corrected chi connectivity index (χ3v) is 2.35. The van der Waals surface area contributed by atoms with Crippen molar-refractivity contribution in [1.29, 1.82) is 0 Å². The maximum Gasteiger partial charge on any atom is 0.402 e. The van der Waals surface area contributed by atoms with Gasteiger partial charge in [0.2, 0.25) is 0 Å². The third kappa shape index (κ3) is 3.62. The van der Waals surface area contributed by atoms with E-state index in [0.29, 0.717) is 0 Å². The second-order valence-corrected chi connectivity index (χ2v) is 3.91. The first-order chi connectivity index (χ1) is 8.01. The van der Waals surface area contributed by atoms with E-state index >= 15 is 0 Å². The van der Waals surface area contributed by atoms with Crippen molar-refractivity contribution in [2.75, 3.05) is 0 Å². The Hall–Kier alpha value is -1.25. The summed E-state index contributed by atoms with van der Waals surface area (Å²) in [6, 6.07) is -0.788. The zero-order valence-corrected chi connectivity index (χ0v) is 9.26. The molecule has 0 aliphatic rings. The van der Waals surface area contributed by atoms with E-state index in [2.05, 4.69) is 5.10 Å². The van der Waals surface area contributed by atoms with Crippen LogP contribution in [0.25, 0.3) is 0 Å². The molecule has 0 radical (unpaired) electrons. The lowest BCUT2D eigenvalue weighted by Gasteiger charge is -2.27. The first kappa shape index (κ1) is 14.8. The van der Waals surface area contributed by atoms with Crippen LogP contribution in [-0.4, -0.2) is 28.2 Å². The van der Waals surface area contributed by atoms with Gasteiger partial charge >= 0.3 is 12.4 Å². The van der Waals surface area contributed by atoms with Gasteiger partial charge in [0.15, 0.2) is 5.92 Å². The quantitative estimate of drug-likeness (QED) is 0.858. The van der Waals surface area contributed by atoms with Crippen LogP contribution in [0.15, 0.2) is 12.3 Å². The molecule has 9 heteroatoms. The minimum Gasteiger partial charge on any atom is -0.326 e. The predicted octanol–water partition coefficient (Wildman–Crippen LogP) is 2.03. The molecule has 1 unspecified atom stereocenters. The summed E-state index contributed by atoms with van der Waals surface area (Å²) < 4.78 is 75.4. The van der Waals surface area contributed by atoms with E-state index in [1.807, 2.05) is 0 Å². The maximum absolute atomic E-state index is 12.3. The Morgan fingerprint density at radius 3 is 2.06 bits per heavy atom. The first-order valence-corrected chi connectivity index (χ1v) is 4.89. The van der Waals surface area contributed by atoms with E-state index < -0.39 is 30.7 Å². The summed E-state index contributed by atoms with van der Waals surface area (Å²) >= 11 is 0.